The summed E-state index contributed by atoms with van der Waals surface area (Å²) in [6.07, 6.45) is 5.59. The highest BCUT2D eigenvalue weighted by Gasteiger charge is 2.31. The van der Waals surface area contributed by atoms with Gasteiger partial charge in [0.2, 0.25) is 11.8 Å². The summed E-state index contributed by atoms with van der Waals surface area (Å²) in [4.78, 5) is 25.3. The van der Waals surface area contributed by atoms with Crippen molar-refractivity contribution in [3.8, 4) is 0 Å². The number of aromatic nitrogens is 2. The molecule has 1 aliphatic heterocycles. The van der Waals surface area contributed by atoms with Crippen molar-refractivity contribution in [3.63, 3.8) is 0 Å². The first kappa shape index (κ1) is 15.9. The zero-order chi connectivity index (χ0) is 15.4. The Balaban J connectivity index is 1.97. The molecule has 1 aromatic heterocycles. The molecule has 0 aromatic carbocycles. The summed E-state index contributed by atoms with van der Waals surface area (Å²) >= 11 is 1.61. The molecule has 1 fully saturated rings. The zero-order valence-electron chi connectivity index (χ0n) is 12.7. The van der Waals surface area contributed by atoms with Gasteiger partial charge in [-0.25, -0.2) is 0 Å². The molecular formula is C14H22N4O2S. The molecule has 6 nitrogen and oxygen atoms in total. The molecule has 0 spiro atoms. The average molecular weight is 310 g/mol. The highest BCUT2D eigenvalue weighted by molar-refractivity contribution is 7.99. The first-order valence-electron chi connectivity index (χ1n) is 7.19. The number of thioether (sulfide) groups is 1. The van der Waals surface area contributed by atoms with Gasteiger partial charge in [0.15, 0.2) is 5.82 Å². The molecule has 2 heterocycles. The molecule has 2 atom stereocenters. The van der Waals surface area contributed by atoms with Gasteiger partial charge in [-0.05, 0) is 19.1 Å². The van der Waals surface area contributed by atoms with Gasteiger partial charge in [0.25, 0.3) is 0 Å². The largest absolute Gasteiger partial charge is 0.340 e. The maximum absolute atomic E-state index is 12.4. The van der Waals surface area contributed by atoms with E-state index in [0.29, 0.717) is 12.4 Å². The van der Waals surface area contributed by atoms with Crippen LogP contribution in [0.5, 0.6) is 0 Å². The second-order valence-corrected chi connectivity index (χ2v) is 6.26. The van der Waals surface area contributed by atoms with Gasteiger partial charge in [-0.2, -0.15) is 16.9 Å². The SMILES string of the molecule is CC[C@@H](SC)C(=O)N1CC[C@@H](n2ccc(NC(C)=O)n2)C1. The fraction of sp³-hybridized carbons (Fsp3) is 0.643. The van der Waals surface area contributed by atoms with Crippen LogP contribution in [0.4, 0.5) is 5.82 Å². The minimum absolute atomic E-state index is 0.0521. The van der Waals surface area contributed by atoms with E-state index in [9.17, 15) is 9.59 Å². The van der Waals surface area contributed by atoms with E-state index in [0.717, 1.165) is 19.4 Å². The fourth-order valence-electron chi connectivity index (χ4n) is 2.59. The van der Waals surface area contributed by atoms with Gasteiger partial charge in [-0.3, -0.25) is 14.3 Å². The van der Waals surface area contributed by atoms with Gasteiger partial charge in [-0.1, -0.05) is 6.92 Å². The average Bonchev–Trinajstić information content (AvgIpc) is 3.07. The second-order valence-electron chi connectivity index (χ2n) is 5.22. The summed E-state index contributed by atoms with van der Waals surface area (Å²) < 4.78 is 1.85. The Morgan fingerprint density at radius 2 is 2.33 bits per heavy atom. The van der Waals surface area contributed by atoms with Crippen LogP contribution in [0.3, 0.4) is 0 Å². The Bertz CT molecular complexity index is 513. The number of hydrogen-bond donors (Lipinski definition) is 1. The fourth-order valence-corrected chi connectivity index (χ4v) is 3.28. The standard InChI is InChI=1S/C14H22N4O2S/c1-4-12(21-3)14(20)17-7-5-11(9-17)18-8-6-13(16-18)15-10(2)19/h6,8,11-12H,4-5,7,9H2,1-3H3,(H,15,16,19)/t11-,12-/m1/s1. The Morgan fingerprint density at radius 1 is 1.57 bits per heavy atom. The van der Waals surface area contributed by atoms with Crippen molar-refractivity contribution in [1.82, 2.24) is 14.7 Å². The number of likely N-dealkylation sites (tertiary alicyclic amines) is 1. The number of amides is 2. The van der Waals surface area contributed by atoms with E-state index < -0.39 is 0 Å². The maximum Gasteiger partial charge on any atom is 0.235 e. The molecule has 21 heavy (non-hydrogen) atoms. The normalized spacial score (nSPS) is 19.6. The number of anilines is 1. The minimum atomic E-state index is -0.130. The summed E-state index contributed by atoms with van der Waals surface area (Å²) in [7, 11) is 0. The van der Waals surface area contributed by atoms with E-state index in [1.807, 2.05) is 29.0 Å². The van der Waals surface area contributed by atoms with Crippen molar-refractivity contribution >= 4 is 29.4 Å². The van der Waals surface area contributed by atoms with Gasteiger partial charge in [0, 0.05) is 32.3 Å². The lowest BCUT2D eigenvalue weighted by molar-refractivity contribution is -0.129. The van der Waals surface area contributed by atoms with Crippen molar-refractivity contribution < 1.29 is 9.59 Å². The molecular weight excluding hydrogens is 288 g/mol. The van der Waals surface area contributed by atoms with E-state index in [4.69, 9.17) is 0 Å². The molecule has 0 bridgehead atoms. The third-order valence-corrected chi connectivity index (χ3v) is 4.80. The monoisotopic (exact) mass is 310 g/mol. The van der Waals surface area contributed by atoms with Crippen LogP contribution in [0.15, 0.2) is 12.3 Å². The predicted octanol–water partition coefficient (Wildman–Crippen LogP) is 1.76. The van der Waals surface area contributed by atoms with Crippen LogP contribution in [0, 0.1) is 0 Å². The van der Waals surface area contributed by atoms with E-state index in [2.05, 4.69) is 10.4 Å². The number of nitrogens with one attached hydrogen (secondary N) is 1. The van der Waals surface area contributed by atoms with Crippen LogP contribution in [0.2, 0.25) is 0 Å². The van der Waals surface area contributed by atoms with Crippen LogP contribution < -0.4 is 5.32 Å². The second kappa shape index (κ2) is 6.98. The zero-order valence-corrected chi connectivity index (χ0v) is 13.5. The first-order valence-corrected chi connectivity index (χ1v) is 8.48. The molecule has 116 valence electrons. The van der Waals surface area contributed by atoms with Gasteiger partial charge in [0.05, 0.1) is 11.3 Å². The van der Waals surface area contributed by atoms with Crippen molar-refractivity contribution in [2.45, 2.75) is 38.0 Å². The molecule has 0 unspecified atom stereocenters. The third-order valence-electron chi connectivity index (χ3n) is 3.69. The molecule has 1 aliphatic rings. The summed E-state index contributed by atoms with van der Waals surface area (Å²) in [5.74, 6) is 0.652. The smallest absolute Gasteiger partial charge is 0.235 e. The van der Waals surface area contributed by atoms with Gasteiger partial charge < -0.3 is 10.2 Å². The minimum Gasteiger partial charge on any atom is -0.340 e. The van der Waals surface area contributed by atoms with Crippen molar-refractivity contribution in [2.24, 2.45) is 0 Å². The maximum atomic E-state index is 12.4. The molecule has 7 heteroatoms. The summed E-state index contributed by atoms with van der Waals surface area (Å²) in [6.45, 7) is 4.97. The number of carbonyl (C=O) groups is 2. The van der Waals surface area contributed by atoms with Gasteiger partial charge in [0.1, 0.15) is 0 Å². The van der Waals surface area contributed by atoms with E-state index in [1.54, 1.807) is 17.8 Å². The van der Waals surface area contributed by atoms with Crippen LogP contribution in [-0.2, 0) is 9.59 Å². The summed E-state index contributed by atoms with van der Waals surface area (Å²) in [5.41, 5.74) is 0. The van der Waals surface area contributed by atoms with Gasteiger partial charge >= 0.3 is 0 Å². The number of nitrogens with zero attached hydrogens (tertiary/aromatic N) is 3. The van der Waals surface area contributed by atoms with Gasteiger partial charge in [-0.15, -0.1) is 0 Å². The Labute approximate surface area is 129 Å². The molecule has 0 saturated carbocycles. The molecule has 1 N–H and O–H groups in total. The van der Waals surface area contributed by atoms with Crippen molar-refractivity contribution in [2.75, 3.05) is 24.7 Å². The topological polar surface area (TPSA) is 67.2 Å². The number of rotatable bonds is 5. The van der Waals surface area contributed by atoms with E-state index >= 15 is 0 Å². The van der Waals surface area contributed by atoms with Crippen molar-refractivity contribution in [3.05, 3.63) is 12.3 Å². The summed E-state index contributed by atoms with van der Waals surface area (Å²) in [6, 6.07) is 1.97. The Morgan fingerprint density at radius 3 is 2.95 bits per heavy atom. The van der Waals surface area contributed by atoms with Crippen LogP contribution in [0.25, 0.3) is 0 Å². The molecule has 2 amide bonds. The highest BCUT2D eigenvalue weighted by atomic mass is 32.2. The lowest BCUT2D eigenvalue weighted by atomic mass is 10.3. The van der Waals surface area contributed by atoms with Crippen LogP contribution in [0.1, 0.15) is 32.7 Å². The van der Waals surface area contributed by atoms with Crippen LogP contribution in [-0.4, -0.2) is 51.1 Å². The molecule has 0 aliphatic carbocycles. The first-order chi connectivity index (χ1) is 10.0. The number of hydrogen-bond acceptors (Lipinski definition) is 4. The lowest BCUT2D eigenvalue weighted by Crippen LogP contribution is -2.36. The molecule has 1 saturated heterocycles. The summed E-state index contributed by atoms with van der Waals surface area (Å²) in [5, 5.41) is 7.07. The van der Waals surface area contributed by atoms with Crippen LogP contribution >= 0.6 is 11.8 Å². The number of carbonyl (C=O) groups excluding carboxylic acids is 2. The molecule has 0 radical (unpaired) electrons. The lowest BCUT2D eigenvalue weighted by Gasteiger charge is -2.21. The van der Waals surface area contributed by atoms with E-state index in [1.165, 1.54) is 6.92 Å². The molecule has 2 rings (SSSR count). The third kappa shape index (κ3) is 3.78. The quantitative estimate of drug-likeness (QED) is 0.900. The Kier molecular flexibility index (Phi) is 5.27. The highest BCUT2D eigenvalue weighted by Crippen LogP contribution is 2.25. The molecule has 1 aromatic rings. The predicted molar refractivity (Wildman–Crippen MR) is 84.4 cm³/mol. The Hall–Kier alpha value is -1.50. The van der Waals surface area contributed by atoms with E-state index in [-0.39, 0.29) is 23.1 Å². The van der Waals surface area contributed by atoms with Crippen molar-refractivity contribution in [1.29, 1.82) is 0 Å².